The highest BCUT2D eigenvalue weighted by Crippen LogP contribution is 2.22. The number of halogens is 1. The van der Waals surface area contributed by atoms with E-state index in [1.54, 1.807) is 17.0 Å². The number of amides is 2. The molecule has 0 bridgehead atoms. The van der Waals surface area contributed by atoms with Gasteiger partial charge in [0.15, 0.2) is 0 Å². The summed E-state index contributed by atoms with van der Waals surface area (Å²) in [5, 5.41) is 3.51. The number of nitrogens with zero attached hydrogens (tertiary/aromatic N) is 1. The zero-order valence-corrected chi connectivity index (χ0v) is 17.2. The van der Waals surface area contributed by atoms with Crippen LogP contribution in [0.2, 0.25) is 5.02 Å². The topological polar surface area (TPSA) is 49.4 Å². The zero-order chi connectivity index (χ0) is 19.6. The van der Waals surface area contributed by atoms with E-state index in [0.29, 0.717) is 24.5 Å². The van der Waals surface area contributed by atoms with Gasteiger partial charge in [-0.1, -0.05) is 48.9 Å². The van der Waals surface area contributed by atoms with Crippen LogP contribution in [0.1, 0.15) is 25.8 Å². The third-order valence-corrected chi connectivity index (χ3v) is 5.36. The standard InChI is InChI=1S/C21H25ClN2O2S/c1-3-19(21(26)23-4-2)24(14-16-8-6-5-7-9-16)20(25)15-27-18-12-10-17(22)11-13-18/h5-13,19H,3-4,14-15H2,1-2H3,(H,23,26)/t19-/m0/s1. The molecule has 0 saturated heterocycles. The average molecular weight is 405 g/mol. The lowest BCUT2D eigenvalue weighted by atomic mass is 10.1. The van der Waals surface area contributed by atoms with Crippen molar-refractivity contribution < 1.29 is 9.59 Å². The summed E-state index contributed by atoms with van der Waals surface area (Å²) < 4.78 is 0. The predicted molar refractivity (Wildman–Crippen MR) is 112 cm³/mol. The van der Waals surface area contributed by atoms with Crippen LogP contribution in [-0.2, 0) is 16.1 Å². The molecule has 1 atom stereocenters. The molecule has 0 heterocycles. The molecule has 27 heavy (non-hydrogen) atoms. The fraction of sp³-hybridized carbons (Fsp3) is 0.333. The van der Waals surface area contributed by atoms with Gasteiger partial charge in [-0.3, -0.25) is 9.59 Å². The first-order chi connectivity index (χ1) is 13.0. The largest absolute Gasteiger partial charge is 0.355 e. The second-order valence-electron chi connectivity index (χ2n) is 6.07. The van der Waals surface area contributed by atoms with E-state index in [2.05, 4.69) is 5.32 Å². The van der Waals surface area contributed by atoms with E-state index in [-0.39, 0.29) is 17.6 Å². The smallest absolute Gasteiger partial charge is 0.242 e. The number of rotatable bonds is 9. The molecule has 2 amide bonds. The van der Waals surface area contributed by atoms with Crippen molar-refractivity contribution in [2.24, 2.45) is 0 Å². The molecule has 1 N–H and O–H groups in total. The predicted octanol–water partition coefficient (Wildman–Crippen LogP) is 4.38. The molecule has 0 radical (unpaired) electrons. The minimum Gasteiger partial charge on any atom is -0.355 e. The number of hydrogen-bond acceptors (Lipinski definition) is 3. The van der Waals surface area contributed by atoms with Crippen LogP contribution < -0.4 is 5.32 Å². The summed E-state index contributed by atoms with van der Waals surface area (Å²) >= 11 is 7.36. The van der Waals surface area contributed by atoms with Crippen LogP contribution in [-0.4, -0.2) is 35.1 Å². The normalized spacial score (nSPS) is 11.7. The highest BCUT2D eigenvalue weighted by Gasteiger charge is 2.28. The van der Waals surface area contributed by atoms with Gasteiger partial charge in [0, 0.05) is 23.0 Å². The van der Waals surface area contributed by atoms with Crippen molar-refractivity contribution in [3.8, 4) is 0 Å². The van der Waals surface area contributed by atoms with Crippen LogP contribution in [0, 0.1) is 0 Å². The number of thioether (sulfide) groups is 1. The zero-order valence-electron chi connectivity index (χ0n) is 15.7. The first kappa shape index (κ1) is 21.3. The van der Waals surface area contributed by atoms with E-state index >= 15 is 0 Å². The Labute approximate surface area is 170 Å². The van der Waals surface area contributed by atoms with Crippen molar-refractivity contribution in [3.05, 3.63) is 65.2 Å². The summed E-state index contributed by atoms with van der Waals surface area (Å²) in [7, 11) is 0. The van der Waals surface area contributed by atoms with Crippen LogP contribution in [0.5, 0.6) is 0 Å². The van der Waals surface area contributed by atoms with Gasteiger partial charge in [-0.25, -0.2) is 0 Å². The Morgan fingerprint density at radius 2 is 1.74 bits per heavy atom. The van der Waals surface area contributed by atoms with E-state index in [0.717, 1.165) is 10.5 Å². The van der Waals surface area contributed by atoms with Crippen LogP contribution >= 0.6 is 23.4 Å². The number of benzene rings is 2. The molecular formula is C21H25ClN2O2S. The molecular weight excluding hydrogens is 380 g/mol. The van der Waals surface area contributed by atoms with Crippen molar-refractivity contribution >= 4 is 35.2 Å². The second kappa shape index (κ2) is 11.0. The maximum atomic E-state index is 13.0. The Morgan fingerprint density at radius 3 is 2.33 bits per heavy atom. The van der Waals surface area contributed by atoms with E-state index in [4.69, 9.17) is 11.6 Å². The molecule has 0 aliphatic heterocycles. The molecule has 4 nitrogen and oxygen atoms in total. The summed E-state index contributed by atoms with van der Waals surface area (Å²) in [6.45, 7) is 4.76. The van der Waals surface area contributed by atoms with E-state index in [1.165, 1.54) is 11.8 Å². The van der Waals surface area contributed by atoms with Crippen molar-refractivity contribution in [1.82, 2.24) is 10.2 Å². The summed E-state index contributed by atoms with van der Waals surface area (Å²) in [5.74, 6) is 0.0994. The fourth-order valence-corrected chi connectivity index (χ4v) is 3.66. The molecule has 0 fully saturated rings. The Morgan fingerprint density at radius 1 is 1.07 bits per heavy atom. The Hall–Kier alpha value is -1.98. The summed E-state index contributed by atoms with van der Waals surface area (Å²) in [4.78, 5) is 28.1. The van der Waals surface area contributed by atoms with Gasteiger partial charge in [0.1, 0.15) is 6.04 Å². The number of carbonyl (C=O) groups excluding carboxylic acids is 2. The van der Waals surface area contributed by atoms with Crippen LogP contribution in [0.25, 0.3) is 0 Å². The summed E-state index contributed by atoms with van der Waals surface area (Å²) in [5.41, 5.74) is 1.00. The van der Waals surface area contributed by atoms with Gasteiger partial charge in [0.2, 0.25) is 11.8 Å². The van der Waals surface area contributed by atoms with Crippen molar-refractivity contribution in [1.29, 1.82) is 0 Å². The first-order valence-electron chi connectivity index (χ1n) is 9.04. The summed E-state index contributed by atoms with van der Waals surface area (Å²) in [6, 6.07) is 16.7. The quantitative estimate of drug-likeness (QED) is 0.631. The second-order valence-corrected chi connectivity index (χ2v) is 7.55. The molecule has 2 rings (SSSR count). The Kier molecular flexibility index (Phi) is 8.69. The van der Waals surface area contributed by atoms with Crippen LogP contribution in [0.4, 0.5) is 0 Å². The van der Waals surface area contributed by atoms with Gasteiger partial charge < -0.3 is 10.2 Å². The number of hydrogen-bond donors (Lipinski definition) is 1. The minimum atomic E-state index is -0.483. The Balaban J connectivity index is 2.14. The van der Waals surface area contributed by atoms with Crippen LogP contribution in [0.15, 0.2) is 59.5 Å². The van der Waals surface area contributed by atoms with Gasteiger partial charge in [0.05, 0.1) is 5.75 Å². The molecule has 6 heteroatoms. The number of carbonyl (C=O) groups is 2. The lowest BCUT2D eigenvalue weighted by Crippen LogP contribution is -2.49. The molecule has 0 unspecified atom stereocenters. The number of nitrogens with one attached hydrogen (secondary N) is 1. The van der Waals surface area contributed by atoms with Crippen LogP contribution in [0.3, 0.4) is 0 Å². The lowest BCUT2D eigenvalue weighted by molar-refractivity contribution is -0.139. The summed E-state index contributed by atoms with van der Waals surface area (Å²) in [6.07, 6.45) is 0.565. The van der Waals surface area contributed by atoms with Gasteiger partial charge >= 0.3 is 0 Å². The van der Waals surface area contributed by atoms with Gasteiger partial charge in [-0.05, 0) is 43.2 Å². The molecule has 0 aliphatic rings. The van der Waals surface area contributed by atoms with E-state index < -0.39 is 6.04 Å². The van der Waals surface area contributed by atoms with Crippen molar-refractivity contribution in [2.45, 2.75) is 37.8 Å². The lowest BCUT2D eigenvalue weighted by Gasteiger charge is -2.30. The first-order valence-corrected chi connectivity index (χ1v) is 10.4. The van der Waals surface area contributed by atoms with E-state index in [9.17, 15) is 9.59 Å². The maximum absolute atomic E-state index is 13.0. The minimum absolute atomic E-state index is 0.0584. The highest BCUT2D eigenvalue weighted by atomic mass is 35.5. The molecule has 144 valence electrons. The van der Waals surface area contributed by atoms with Gasteiger partial charge in [-0.2, -0.15) is 0 Å². The number of likely N-dealkylation sites (N-methyl/N-ethyl adjacent to an activating group) is 1. The average Bonchev–Trinajstić information content (AvgIpc) is 2.68. The van der Waals surface area contributed by atoms with Gasteiger partial charge in [0.25, 0.3) is 0 Å². The fourth-order valence-electron chi connectivity index (χ4n) is 2.75. The van der Waals surface area contributed by atoms with Gasteiger partial charge in [-0.15, -0.1) is 11.8 Å². The monoisotopic (exact) mass is 404 g/mol. The Bertz CT molecular complexity index is 738. The third kappa shape index (κ3) is 6.60. The van der Waals surface area contributed by atoms with Crippen molar-refractivity contribution in [2.75, 3.05) is 12.3 Å². The molecule has 0 saturated carbocycles. The molecule has 2 aromatic rings. The highest BCUT2D eigenvalue weighted by molar-refractivity contribution is 8.00. The van der Waals surface area contributed by atoms with E-state index in [1.807, 2.05) is 56.3 Å². The molecule has 2 aromatic carbocycles. The van der Waals surface area contributed by atoms with Crippen molar-refractivity contribution in [3.63, 3.8) is 0 Å². The third-order valence-electron chi connectivity index (χ3n) is 4.11. The molecule has 0 aliphatic carbocycles. The SMILES string of the molecule is CCNC(=O)[C@H](CC)N(Cc1ccccc1)C(=O)CSc1ccc(Cl)cc1. The maximum Gasteiger partial charge on any atom is 0.242 e. The molecule has 0 spiro atoms. The molecule has 0 aromatic heterocycles.